The van der Waals surface area contributed by atoms with Crippen LogP contribution in [0.5, 0.6) is 11.5 Å². The third-order valence-electron chi connectivity index (χ3n) is 5.98. The number of ether oxygens (including phenoxy) is 3. The highest BCUT2D eigenvalue weighted by Gasteiger charge is 2.30. The zero-order chi connectivity index (χ0) is 28.5. The summed E-state index contributed by atoms with van der Waals surface area (Å²) in [6.07, 6.45) is -3.09. The van der Waals surface area contributed by atoms with Gasteiger partial charge in [0.05, 0.1) is 35.4 Å². The summed E-state index contributed by atoms with van der Waals surface area (Å²) < 4.78 is 56.2. The molecule has 210 valence electrons. The van der Waals surface area contributed by atoms with Gasteiger partial charge in [0.15, 0.2) is 5.84 Å². The lowest BCUT2D eigenvalue weighted by Crippen LogP contribution is -2.14. The van der Waals surface area contributed by atoms with Crippen molar-refractivity contribution in [3.05, 3.63) is 100 Å². The van der Waals surface area contributed by atoms with Crippen molar-refractivity contribution in [2.75, 3.05) is 13.7 Å². The molecule has 0 aliphatic rings. The molecule has 4 aromatic rings. The van der Waals surface area contributed by atoms with Crippen LogP contribution in [0.3, 0.4) is 0 Å². The monoisotopic (exact) mass is 571 g/mol. The zero-order valence-electron chi connectivity index (χ0n) is 21.6. The van der Waals surface area contributed by atoms with Crippen molar-refractivity contribution in [1.29, 1.82) is 0 Å². The summed E-state index contributed by atoms with van der Waals surface area (Å²) in [5.41, 5.74) is 7.87. The Morgan fingerprint density at radius 2 is 1.77 bits per heavy atom. The highest BCUT2D eigenvalue weighted by atomic mass is 32.1. The van der Waals surface area contributed by atoms with Crippen LogP contribution in [0.25, 0.3) is 10.6 Å². The number of rotatable bonds is 12. The Bertz CT molecular complexity index is 1420. The second kappa shape index (κ2) is 13.3. The Kier molecular flexibility index (Phi) is 9.62. The van der Waals surface area contributed by atoms with E-state index >= 15 is 0 Å². The van der Waals surface area contributed by atoms with Crippen LogP contribution in [0.1, 0.15) is 33.7 Å². The van der Waals surface area contributed by atoms with E-state index in [1.165, 1.54) is 30.6 Å². The van der Waals surface area contributed by atoms with Crippen LogP contribution >= 0.6 is 11.3 Å². The minimum Gasteiger partial charge on any atom is -0.496 e. The highest BCUT2D eigenvalue weighted by molar-refractivity contribution is 7.15. The molecule has 0 aliphatic carbocycles. The number of methoxy groups -OCH3 is 1. The molecule has 4 rings (SSSR count). The number of aryl methyl sites for hydroxylation is 1. The van der Waals surface area contributed by atoms with Gasteiger partial charge in [-0.3, -0.25) is 0 Å². The summed E-state index contributed by atoms with van der Waals surface area (Å²) in [5.74, 6) is 0.773. The van der Waals surface area contributed by atoms with E-state index in [2.05, 4.69) is 5.16 Å². The molecule has 0 atom stereocenters. The van der Waals surface area contributed by atoms with Gasteiger partial charge in [-0.2, -0.15) is 13.2 Å². The molecular weight excluding hydrogens is 543 g/mol. The number of oxime groups is 1. The molecular formula is C29H28F3N3O4S. The number of halogens is 3. The molecule has 7 nitrogen and oxygen atoms in total. The second-order valence-corrected chi connectivity index (χ2v) is 9.83. The lowest BCUT2D eigenvalue weighted by molar-refractivity contribution is -0.137. The van der Waals surface area contributed by atoms with E-state index in [0.29, 0.717) is 53.7 Å². The molecule has 0 amide bonds. The maximum absolute atomic E-state index is 13.0. The van der Waals surface area contributed by atoms with Crippen molar-refractivity contribution < 1.29 is 32.6 Å². The first kappa shape index (κ1) is 28.9. The molecule has 3 aromatic carbocycles. The molecule has 0 unspecified atom stereocenters. The topological polar surface area (TPSA) is 99.2 Å². The summed E-state index contributed by atoms with van der Waals surface area (Å²) in [6.45, 7) is 1.22. The molecule has 0 saturated carbocycles. The van der Waals surface area contributed by atoms with Gasteiger partial charge < -0.3 is 25.2 Å². The third kappa shape index (κ3) is 7.51. The normalized spacial score (nSPS) is 11.9. The van der Waals surface area contributed by atoms with Gasteiger partial charge in [0, 0.05) is 18.2 Å². The van der Waals surface area contributed by atoms with Crippen LogP contribution in [0.4, 0.5) is 13.2 Å². The molecule has 0 aliphatic heterocycles. The fourth-order valence-electron chi connectivity index (χ4n) is 3.90. The maximum atomic E-state index is 13.0. The van der Waals surface area contributed by atoms with Crippen molar-refractivity contribution in [2.24, 2.45) is 10.9 Å². The van der Waals surface area contributed by atoms with E-state index in [0.717, 1.165) is 28.3 Å². The molecule has 0 radical (unpaired) electrons. The molecule has 3 N–H and O–H groups in total. The predicted octanol–water partition coefficient (Wildman–Crippen LogP) is 6.66. The van der Waals surface area contributed by atoms with E-state index in [1.807, 2.05) is 30.3 Å². The number of hydrogen-bond acceptors (Lipinski definition) is 7. The molecule has 11 heteroatoms. The SMILES string of the molecule is COc1cc(OCc2sc(-c3ccc(C(F)(F)F)cc3)nc2CCCOCc2ccccc2)ccc1/C(N)=N\O. The van der Waals surface area contributed by atoms with E-state index in [9.17, 15) is 13.2 Å². The van der Waals surface area contributed by atoms with Crippen LogP contribution in [-0.2, 0) is 30.5 Å². The Balaban J connectivity index is 1.49. The minimum absolute atomic E-state index is 0.0937. The molecule has 0 fully saturated rings. The van der Waals surface area contributed by atoms with E-state index in [1.54, 1.807) is 18.2 Å². The first-order valence-corrected chi connectivity index (χ1v) is 13.2. The van der Waals surface area contributed by atoms with Gasteiger partial charge >= 0.3 is 6.18 Å². The van der Waals surface area contributed by atoms with Gasteiger partial charge in [-0.25, -0.2) is 4.98 Å². The largest absolute Gasteiger partial charge is 0.496 e. The molecule has 40 heavy (non-hydrogen) atoms. The van der Waals surface area contributed by atoms with Crippen molar-refractivity contribution >= 4 is 17.2 Å². The number of thiazole rings is 1. The number of alkyl halides is 3. The molecule has 1 aromatic heterocycles. The summed E-state index contributed by atoms with van der Waals surface area (Å²) in [6, 6.07) is 19.7. The summed E-state index contributed by atoms with van der Waals surface area (Å²) >= 11 is 1.37. The highest BCUT2D eigenvalue weighted by Crippen LogP contribution is 2.34. The first-order valence-electron chi connectivity index (χ1n) is 12.3. The summed E-state index contributed by atoms with van der Waals surface area (Å²) in [7, 11) is 1.46. The molecule has 0 spiro atoms. The van der Waals surface area contributed by atoms with Crippen LogP contribution in [-0.4, -0.2) is 29.7 Å². The standard InChI is InChI=1S/C29H28F3N3O4S/c1-37-25-16-22(13-14-23(25)27(33)35-36)39-18-26-24(8-5-15-38-17-19-6-3-2-4-7-19)34-28(40-26)20-9-11-21(12-10-20)29(30,31)32/h2-4,6-7,9-14,16,36H,5,8,15,17-18H2,1H3,(H2,33,35). The van der Waals surface area contributed by atoms with E-state index in [-0.39, 0.29) is 12.4 Å². The van der Waals surface area contributed by atoms with Gasteiger partial charge in [-0.15, -0.1) is 11.3 Å². The Hall–Kier alpha value is -4.09. The van der Waals surface area contributed by atoms with Crippen LogP contribution in [0.2, 0.25) is 0 Å². The van der Waals surface area contributed by atoms with E-state index < -0.39 is 11.7 Å². The van der Waals surface area contributed by atoms with Gasteiger partial charge in [0.2, 0.25) is 0 Å². The van der Waals surface area contributed by atoms with Crippen molar-refractivity contribution in [2.45, 2.75) is 32.2 Å². The second-order valence-electron chi connectivity index (χ2n) is 8.74. The van der Waals surface area contributed by atoms with Crippen LogP contribution < -0.4 is 15.2 Å². The van der Waals surface area contributed by atoms with Gasteiger partial charge in [-0.1, -0.05) is 47.6 Å². The number of aromatic nitrogens is 1. The number of nitrogens with two attached hydrogens (primary N) is 1. The quantitative estimate of drug-likeness (QED) is 0.0649. The number of hydrogen-bond donors (Lipinski definition) is 2. The average Bonchev–Trinajstić information content (AvgIpc) is 3.38. The lowest BCUT2D eigenvalue weighted by atomic mass is 10.1. The molecule has 0 bridgehead atoms. The van der Waals surface area contributed by atoms with Gasteiger partial charge in [0.1, 0.15) is 23.1 Å². The summed E-state index contributed by atoms with van der Waals surface area (Å²) in [5, 5.41) is 12.6. The predicted molar refractivity (Wildman–Crippen MR) is 147 cm³/mol. The minimum atomic E-state index is -4.41. The fourth-order valence-corrected chi connectivity index (χ4v) is 4.92. The van der Waals surface area contributed by atoms with Crippen molar-refractivity contribution in [3.63, 3.8) is 0 Å². The Morgan fingerprint density at radius 1 is 1.02 bits per heavy atom. The smallest absolute Gasteiger partial charge is 0.416 e. The third-order valence-corrected chi connectivity index (χ3v) is 7.10. The first-order chi connectivity index (χ1) is 19.3. The zero-order valence-corrected chi connectivity index (χ0v) is 22.5. The van der Waals surface area contributed by atoms with Crippen LogP contribution in [0, 0.1) is 0 Å². The van der Waals surface area contributed by atoms with Crippen LogP contribution in [0.15, 0.2) is 78.0 Å². The van der Waals surface area contributed by atoms with E-state index in [4.69, 9.17) is 30.1 Å². The maximum Gasteiger partial charge on any atom is 0.416 e. The fraction of sp³-hybridized carbons (Fsp3) is 0.241. The number of amidine groups is 1. The summed E-state index contributed by atoms with van der Waals surface area (Å²) in [4.78, 5) is 5.58. The Morgan fingerprint density at radius 3 is 2.45 bits per heavy atom. The Labute approximate surface area is 233 Å². The number of benzene rings is 3. The number of nitrogens with zero attached hydrogens (tertiary/aromatic N) is 2. The van der Waals surface area contributed by atoms with Gasteiger partial charge in [-0.05, 0) is 42.7 Å². The average molecular weight is 572 g/mol. The lowest BCUT2D eigenvalue weighted by Gasteiger charge is -2.11. The molecule has 1 heterocycles. The van der Waals surface area contributed by atoms with Crippen molar-refractivity contribution in [3.8, 4) is 22.1 Å². The van der Waals surface area contributed by atoms with Gasteiger partial charge in [0.25, 0.3) is 0 Å². The van der Waals surface area contributed by atoms with Crippen molar-refractivity contribution in [1.82, 2.24) is 4.98 Å². The molecule has 0 saturated heterocycles.